The van der Waals surface area contributed by atoms with Crippen molar-refractivity contribution in [2.45, 2.75) is 66.2 Å². The highest BCUT2D eigenvalue weighted by molar-refractivity contribution is 6.49. The second-order valence-electron chi connectivity index (χ2n) is 7.38. The van der Waals surface area contributed by atoms with Crippen LogP contribution in [-0.4, -0.2) is 5.78 Å². The summed E-state index contributed by atoms with van der Waals surface area (Å²) in [6.07, 6.45) is 5.18. The predicted octanol–water partition coefficient (Wildman–Crippen LogP) is 10.1. The molecule has 0 aliphatic rings. The molecule has 2 aromatic rings. The molecule has 0 aromatic heterocycles. The Morgan fingerprint density at radius 3 is 1.23 bits per heavy atom. The van der Waals surface area contributed by atoms with Gasteiger partial charge in [0.15, 0.2) is 5.78 Å². The molecule has 0 heterocycles. The third-order valence-electron chi connectivity index (χ3n) is 5.31. The second kappa shape index (κ2) is 11.1. The molecule has 0 radical (unpaired) electrons. The molecular formula is C23H24Cl6O. The van der Waals surface area contributed by atoms with Crippen molar-refractivity contribution in [3.05, 3.63) is 63.5 Å². The first-order chi connectivity index (χ1) is 14.1. The lowest BCUT2D eigenvalue weighted by atomic mass is 9.91. The summed E-state index contributed by atoms with van der Waals surface area (Å²) in [5.41, 5.74) is 3.11. The van der Waals surface area contributed by atoms with Crippen LogP contribution in [0.1, 0.15) is 77.7 Å². The monoisotopic (exact) mass is 526 g/mol. The maximum atomic E-state index is 13.6. The van der Waals surface area contributed by atoms with E-state index in [0.717, 1.165) is 36.8 Å². The van der Waals surface area contributed by atoms with Crippen LogP contribution in [0.25, 0.3) is 0 Å². The van der Waals surface area contributed by atoms with Crippen LogP contribution in [0.15, 0.2) is 0 Å². The standard InChI is InChI=1S/C23H24Cl6O/c1-5-7-9-13-17(24)11(3)15(21(28)19(13)26)23(30)16-12(4)18(25)14(10-8-6-2)20(27)22(16)29/h5-10H2,1-4H3. The largest absolute Gasteiger partial charge is 0.288 e. The van der Waals surface area contributed by atoms with Crippen LogP contribution in [-0.2, 0) is 12.8 Å². The van der Waals surface area contributed by atoms with Crippen LogP contribution in [0.4, 0.5) is 0 Å². The van der Waals surface area contributed by atoms with Crippen molar-refractivity contribution >= 4 is 75.4 Å². The molecule has 164 valence electrons. The number of carbonyl (C=O) groups excluding carboxylic acids is 1. The van der Waals surface area contributed by atoms with E-state index in [1.807, 2.05) is 0 Å². The lowest BCUT2D eigenvalue weighted by molar-refractivity contribution is 0.103. The van der Waals surface area contributed by atoms with Gasteiger partial charge in [0, 0.05) is 21.2 Å². The summed E-state index contributed by atoms with van der Waals surface area (Å²) >= 11 is 39.3. The van der Waals surface area contributed by atoms with Gasteiger partial charge < -0.3 is 0 Å². The molecular weight excluding hydrogens is 505 g/mol. The Labute approximate surface area is 208 Å². The first kappa shape index (κ1) is 26.1. The summed E-state index contributed by atoms with van der Waals surface area (Å²) in [6.45, 7) is 7.68. The summed E-state index contributed by atoms with van der Waals surface area (Å²) in [4.78, 5) is 13.6. The van der Waals surface area contributed by atoms with Crippen molar-refractivity contribution in [2.75, 3.05) is 0 Å². The van der Waals surface area contributed by atoms with Crippen molar-refractivity contribution in [3.63, 3.8) is 0 Å². The van der Waals surface area contributed by atoms with E-state index in [0.29, 0.717) is 44.1 Å². The number of hydrogen-bond acceptors (Lipinski definition) is 1. The number of ketones is 1. The summed E-state index contributed by atoms with van der Waals surface area (Å²) in [5.74, 6) is -0.392. The van der Waals surface area contributed by atoms with Crippen molar-refractivity contribution in [1.29, 1.82) is 0 Å². The minimum atomic E-state index is -0.392. The number of rotatable bonds is 8. The molecule has 1 nitrogen and oxygen atoms in total. The van der Waals surface area contributed by atoms with E-state index in [1.165, 1.54) is 0 Å². The number of carbonyl (C=O) groups is 1. The number of hydrogen-bond donors (Lipinski definition) is 0. The van der Waals surface area contributed by atoms with E-state index in [2.05, 4.69) is 13.8 Å². The maximum absolute atomic E-state index is 13.6. The van der Waals surface area contributed by atoms with E-state index in [9.17, 15) is 4.79 Å². The highest BCUT2D eigenvalue weighted by atomic mass is 35.5. The van der Waals surface area contributed by atoms with E-state index < -0.39 is 5.78 Å². The van der Waals surface area contributed by atoms with Crippen molar-refractivity contribution < 1.29 is 4.79 Å². The van der Waals surface area contributed by atoms with Gasteiger partial charge in [-0.3, -0.25) is 4.79 Å². The van der Waals surface area contributed by atoms with Crippen LogP contribution in [0.5, 0.6) is 0 Å². The third kappa shape index (κ3) is 4.92. The quantitative estimate of drug-likeness (QED) is 0.246. The van der Waals surface area contributed by atoms with Gasteiger partial charge in [-0.15, -0.1) is 0 Å². The first-order valence-electron chi connectivity index (χ1n) is 9.96. The predicted molar refractivity (Wildman–Crippen MR) is 133 cm³/mol. The average molecular weight is 529 g/mol. The second-order valence-corrected chi connectivity index (χ2v) is 9.65. The van der Waals surface area contributed by atoms with E-state index >= 15 is 0 Å². The van der Waals surface area contributed by atoms with E-state index in [1.54, 1.807) is 13.8 Å². The van der Waals surface area contributed by atoms with Gasteiger partial charge in [-0.25, -0.2) is 0 Å². The molecule has 0 amide bonds. The topological polar surface area (TPSA) is 17.1 Å². The Bertz CT molecular complexity index is 845. The van der Waals surface area contributed by atoms with Gasteiger partial charge in [-0.1, -0.05) is 96.3 Å². The maximum Gasteiger partial charge on any atom is 0.196 e. The summed E-state index contributed by atoms with van der Waals surface area (Å²) in [5, 5.41) is 1.85. The summed E-state index contributed by atoms with van der Waals surface area (Å²) in [6, 6.07) is 0. The highest BCUT2D eigenvalue weighted by Crippen LogP contribution is 2.44. The minimum absolute atomic E-state index is 0.174. The minimum Gasteiger partial charge on any atom is -0.288 e. The van der Waals surface area contributed by atoms with Crippen LogP contribution in [0.2, 0.25) is 30.1 Å². The molecule has 0 aliphatic carbocycles. The van der Waals surface area contributed by atoms with Crippen molar-refractivity contribution in [1.82, 2.24) is 0 Å². The van der Waals surface area contributed by atoms with Gasteiger partial charge in [0.1, 0.15) is 0 Å². The molecule has 0 fully saturated rings. The molecule has 0 spiro atoms. The molecule has 2 rings (SSSR count). The van der Waals surface area contributed by atoms with Gasteiger partial charge in [0.25, 0.3) is 0 Å². The molecule has 0 unspecified atom stereocenters. The van der Waals surface area contributed by atoms with Gasteiger partial charge >= 0.3 is 0 Å². The smallest absolute Gasteiger partial charge is 0.196 e. The van der Waals surface area contributed by atoms with E-state index in [4.69, 9.17) is 69.6 Å². The first-order valence-corrected chi connectivity index (χ1v) is 12.2. The molecule has 0 bridgehead atoms. The number of halogens is 6. The molecule has 0 saturated carbocycles. The fourth-order valence-electron chi connectivity index (χ4n) is 3.49. The van der Waals surface area contributed by atoms with Crippen LogP contribution < -0.4 is 0 Å². The van der Waals surface area contributed by atoms with Crippen molar-refractivity contribution in [3.8, 4) is 0 Å². The Hall–Kier alpha value is -0.150. The summed E-state index contributed by atoms with van der Waals surface area (Å²) in [7, 11) is 0. The molecule has 7 heteroatoms. The zero-order valence-electron chi connectivity index (χ0n) is 17.4. The van der Waals surface area contributed by atoms with Crippen LogP contribution in [0.3, 0.4) is 0 Å². The molecule has 2 aromatic carbocycles. The number of unbranched alkanes of at least 4 members (excludes halogenated alkanes) is 2. The Morgan fingerprint density at radius 2 is 0.933 bits per heavy atom. The summed E-state index contributed by atoms with van der Waals surface area (Å²) < 4.78 is 0. The van der Waals surface area contributed by atoms with E-state index in [-0.39, 0.29) is 21.2 Å². The fraction of sp³-hybridized carbons (Fsp3) is 0.435. The molecule has 0 N–H and O–H groups in total. The number of benzene rings is 2. The molecule has 30 heavy (non-hydrogen) atoms. The zero-order valence-corrected chi connectivity index (χ0v) is 22.0. The van der Waals surface area contributed by atoms with Crippen LogP contribution in [0, 0.1) is 13.8 Å². The highest BCUT2D eigenvalue weighted by Gasteiger charge is 2.29. The molecule has 0 saturated heterocycles. The van der Waals surface area contributed by atoms with Gasteiger partial charge in [0.2, 0.25) is 0 Å². The normalized spacial score (nSPS) is 11.3. The fourth-order valence-corrected chi connectivity index (χ4v) is 5.40. The Balaban J connectivity index is 2.70. The van der Waals surface area contributed by atoms with Gasteiger partial charge in [-0.2, -0.15) is 0 Å². The Kier molecular flexibility index (Phi) is 9.68. The van der Waals surface area contributed by atoms with Crippen molar-refractivity contribution in [2.24, 2.45) is 0 Å². The van der Waals surface area contributed by atoms with Gasteiger partial charge in [-0.05, 0) is 61.8 Å². The SMILES string of the molecule is CCCCc1c(Cl)c(C)c(C(=O)c2c(C)c(Cl)c(CCCC)c(Cl)c2Cl)c(Cl)c1Cl. The molecule has 0 atom stereocenters. The average Bonchev–Trinajstić information content (AvgIpc) is 2.71. The lowest BCUT2D eigenvalue weighted by Gasteiger charge is -2.20. The third-order valence-corrected chi connectivity index (χ3v) is 8.11. The zero-order chi connectivity index (χ0) is 22.7. The molecule has 0 aliphatic heterocycles. The Morgan fingerprint density at radius 1 is 0.600 bits per heavy atom. The van der Waals surface area contributed by atoms with Gasteiger partial charge in [0.05, 0.1) is 20.1 Å². The lowest BCUT2D eigenvalue weighted by Crippen LogP contribution is -2.11. The van der Waals surface area contributed by atoms with Crippen LogP contribution >= 0.6 is 69.6 Å².